The molecular weight excluding hydrogens is 586 g/mol. The monoisotopic (exact) mass is 609 g/mol. The van der Waals surface area contributed by atoms with E-state index in [2.05, 4.69) is 21.2 Å². The van der Waals surface area contributed by atoms with Crippen molar-refractivity contribution in [2.45, 2.75) is 26.9 Å². The summed E-state index contributed by atoms with van der Waals surface area (Å²) in [6, 6.07) is 16.8. The van der Waals surface area contributed by atoms with E-state index in [1.54, 1.807) is 36.4 Å². The minimum absolute atomic E-state index is 0.00497. The van der Waals surface area contributed by atoms with Crippen LogP contribution in [0.15, 0.2) is 70.7 Å². The van der Waals surface area contributed by atoms with Gasteiger partial charge in [0.05, 0.1) is 17.2 Å². The molecule has 0 aliphatic carbocycles. The topological polar surface area (TPSA) is 111 Å². The van der Waals surface area contributed by atoms with E-state index in [-0.39, 0.29) is 23.0 Å². The number of aryl methyl sites for hydroxylation is 1. The number of thiocarbonyl (C=S) groups is 1. The number of nitro benzene ring substituents is 1. The van der Waals surface area contributed by atoms with Crippen molar-refractivity contribution in [1.29, 1.82) is 0 Å². The van der Waals surface area contributed by atoms with Crippen LogP contribution in [-0.4, -0.2) is 28.5 Å². The fraction of sp³-hybridized carbons (Fsp3) is 0.179. The van der Waals surface area contributed by atoms with Gasteiger partial charge >= 0.3 is 0 Å². The number of benzene rings is 3. The first-order valence-electron chi connectivity index (χ1n) is 12.0. The lowest BCUT2D eigenvalue weighted by atomic mass is 10.1. The van der Waals surface area contributed by atoms with Crippen molar-refractivity contribution in [3.05, 3.63) is 97.5 Å². The number of nitrogens with zero attached hydrogens (tertiary/aromatic N) is 2. The van der Waals surface area contributed by atoms with Gasteiger partial charge in [-0.15, -0.1) is 0 Å². The van der Waals surface area contributed by atoms with Crippen molar-refractivity contribution >= 4 is 62.5 Å². The van der Waals surface area contributed by atoms with Crippen molar-refractivity contribution in [3.8, 4) is 11.5 Å². The first-order valence-corrected chi connectivity index (χ1v) is 13.2. The number of nitrogens with one attached hydrogen (secondary N) is 1. The zero-order valence-electron chi connectivity index (χ0n) is 21.1. The maximum absolute atomic E-state index is 13.4. The van der Waals surface area contributed by atoms with Crippen molar-refractivity contribution in [3.63, 3.8) is 0 Å². The Bertz CT molecular complexity index is 1490. The molecule has 0 bridgehead atoms. The lowest BCUT2D eigenvalue weighted by Gasteiger charge is -2.29. The molecule has 1 aliphatic rings. The van der Waals surface area contributed by atoms with Gasteiger partial charge in [0, 0.05) is 16.6 Å². The highest BCUT2D eigenvalue weighted by molar-refractivity contribution is 9.10. The van der Waals surface area contributed by atoms with Gasteiger partial charge in [-0.2, -0.15) is 0 Å². The minimum Gasteiger partial charge on any atom is -0.490 e. The SMILES string of the molecule is CCOc1cc(/C=C2\C(=O)NC(=S)N(c3ccc(CC)cc3)C2=O)c(Br)cc1OCc1cccc([N+](=O)[O-])c1. The Hall–Kier alpha value is -4.09. The average Bonchev–Trinajstić information content (AvgIpc) is 2.92. The molecular formula is C28H24BrN3O6S. The van der Waals surface area contributed by atoms with Crippen molar-refractivity contribution in [2.24, 2.45) is 0 Å². The number of carbonyl (C=O) groups is 2. The summed E-state index contributed by atoms with van der Waals surface area (Å²) in [5.41, 5.74) is 2.64. The van der Waals surface area contributed by atoms with E-state index >= 15 is 0 Å². The van der Waals surface area contributed by atoms with Crippen LogP contribution in [0.2, 0.25) is 0 Å². The van der Waals surface area contributed by atoms with Gasteiger partial charge in [0.1, 0.15) is 12.2 Å². The predicted octanol–water partition coefficient (Wildman–Crippen LogP) is 5.73. The Morgan fingerprint density at radius 1 is 1.03 bits per heavy atom. The number of ether oxygens (including phenoxy) is 2. The molecule has 11 heteroatoms. The average molecular weight is 610 g/mol. The van der Waals surface area contributed by atoms with Gasteiger partial charge in [-0.05, 0) is 72.6 Å². The molecule has 3 aromatic carbocycles. The van der Waals surface area contributed by atoms with Gasteiger partial charge in [-0.25, -0.2) is 0 Å². The lowest BCUT2D eigenvalue weighted by Crippen LogP contribution is -2.54. The summed E-state index contributed by atoms with van der Waals surface area (Å²) in [7, 11) is 0. The van der Waals surface area contributed by atoms with Crippen LogP contribution in [0.4, 0.5) is 11.4 Å². The number of rotatable bonds is 9. The number of nitro groups is 1. The zero-order valence-corrected chi connectivity index (χ0v) is 23.5. The first kappa shape index (κ1) is 27.9. The summed E-state index contributed by atoms with van der Waals surface area (Å²) in [6.07, 6.45) is 2.31. The molecule has 0 aromatic heterocycles. The van der Waals surface area contributed by atoms with Crippen LogP contribution < -0.4 is 19.7 Å². The second kappa shape index (κ2) is 12.2. The van der Waals surface area contributed by atoms with Crippen molar-refractivity contribution in [2.75, 3.05) is 11.5 Å². The van der Waals surface area contributed by atoms with E-state index in [0.29, 0.717) is 39.4 Å². The molecule has 3 aromatic rings. The van der Waals surface area contributed by atoms with Crippen LogP contribution >= 0.6 is 28.1 Å². The molecule has 4 rings (SSSR count). The number of hydrogen-bond acceptors (Lipinski definition) is 7. The van der Waals surface area contributed by atoms with E-state index in [4.69, 9.17) is 21.7 Å². The van der Waals surface area contributed by atoms with Crippen LogP contribution in [0.5, 0.6) is 11.5 Å². The third kappa shape index (κ3) is 6.32. The van der Waals surface area contributed by atoms with E-state index in [1.165, 1.54) is 23.1 Å². The molecule has 2 amide bonds. The molecule has 1 fully saturated rings. The van der Waals surface area contributed by atoms with Crippen molar-refractivity contribution in [1.82, 2.24) is 5.32 Å². The van der Waals surface area contributed by atoms with Crippen LogP contribution in [0.1, 0.15) is 30.5 Å². The summed E-state index contributed by atoms with van der Waals surface area (Å²) in [4.78, 5) is 38.1. The Balaban J connectivity index is 1.64. The maximum Gasteiger partial charge on any atom is 0.270 e. The highest BCUT2D eigenvalue weighted by atomic mass is 79.9. The standard InChI is InChI=1S/C28H24BrN3O6S/c1-3-17-8-10-20(11-9-17)31-27(34)22(26(33)30-28(31)39)13-19-14-24(37-4-2)25(15-23(19)29)38-16-18-6-5-7-21(12-18)32(35)36/h5-15H,3-4,16H2,1-2H3,(H,30,33,39)/b22-13+. The van der Waals surface area contributed by atoms with Crippen LogP contribution in [-0.2, 0) is 22.6 Å². The Morgan fingerprint density at radius 2 is 1.74 bits per heavy atom. The second-order valence-corrected chi connectivity index (χ2v) is 9.69. The summed E-state index contributed by atoms with van der Waals surface area (Å²) in [5.74, 6) is -0.397. The second-order valence-electron chi connectivity index (χ2n) is 8.45. The van der Waals surface area contributed by atoms with Gasteiger partial charge < -0.3 is 9.47 Å². The summed E-state index contributed by atoms with van der Waals surface area (Å²) < 4.78 is 12.2. The third-order valence-corrected chi connectivity index (χ3v) is 6.85. The summed E-state index contributed by atoms with van der Waals surface area (Å²) in [5, 5.41) is 13.7. The molecule has 0 atom stereocenters. The summed E-state index contributed by atoms with van der Waals surface area (Å²) >= 11 is 8.79. The number of halogens is 1. The minimum atomic E-state index is -0.609. The fourth-order valence-corrected chi connectivity index (χ4v) is 4.61. The molecule has 0 radical (unpaired) electrons. The quantitative estimate of drug-likeness (QED) is 0.108. The highest BCUT2D eigenvalue weighted by Gasteiger charge is 2.34. The number of non-ortho nitro benzene ring substituents is 1. The predicted molar refractivity (Wildman–Crippen MR) is 155 cm³/mol. The number of carbonyl (C=O) groups excluding carboxylic acids is 2. The highest BCUT2D eigenvalue weighted by Crippen LogP contribution is 2.36. The van der Waals surface area contributed by atoms with E-state index in [0.717, 1.165) is 12.0 Å². The largest absolute Gasteiger partial charge is 0.490 e. The van der Waals surface area contributed by atoms with Gasteiger partial charge in [-0.1, -0.05) is 47.1 Å². The van der Waals surface area contributed by atoms with E-state index < -0.39 is 16.7 Å². The molecule has 0 saturated carbocycles. The molecule has 1 N–H and O–H groups in total. The number of anilines is 1. The smallest absolute Gasteiger partial charge is 0.270 e. The van der Waals surface area contributed by atoms with Gasteiger partial charge in [-0.3, -0.25) is 29.9 Å². The van der Waals surface area contributed by atoms with Crippen LogP contribution in [0.25, 0.3) is 6.08 Å². The number of hydrogen-bond donors (Lipinski definition) is 1. The fourth-order valence-electron chi connectivity index (χ4n) is 3.89. The Kier molecular flexibility index (Phi) is 8.72. The van der Waals surface area contributed by atoms with Gasteiger partial charge in [0.15, 0.2) is 16.6 Å². The number of amides is 2. The maximum atomic E-state index is 13.4. The molecule has 1 saturated heterocycles. The Morgan fingerprint density at radius 3 is 2.41 bits per heavy atom. The van der Waals surface area contributed by atoms with Crippen LogP contribution in [0, 0.1) is 10.1 Å². The third-order valence-electron chi connectivity index (χ3n) is 5.88. The normalized spacial score (nSPS) is 14.4. The molecule has 39 heavy (non-hydrogen) atoms. The first-order chi connectivity index (χ1) is 18.7. The van der Waals surface area contributed by atoms with Crippen LogP contribution in [0.3, 0.4) is 0 Å². The molecule has 0 spiro atoms. The molecule has 1 heterocycles. The molecule has 0 unspecified atom stereocenters. The lowest BCUT2D eigenvalue weighted by molar-refractivity contribution is -0.384. The summed E-state index contributed by atoms with van der Waals surface area (Å²) in [6.45, 7) is 4.25. The molecule has 9 nitrogen and oxygen atoms in total. The van der Waals surface area contributed by atoms with Crippen molar-refractivity contribution < 1.29 is 24.0 Å². The van der Waals surface area contributed by atoms with Gasteiger partial charge in [0.25, 0.3) is 17.5 Å². The Labute approximate surface area is 238 Å². The zero-order chi connectivity index (χ0) is 28.1. The van der Waals surface area contributed by atoms with E-state index in [1.807, 2.05) is 26.0 Å². The van der Waals surface area contributed by atoms with E-state index in [9.17, 15) is 19.7 Å². The van der Waals surface area contributed by atoms with Gasteiger partial charge in [0.2, 0.25) is 0 Å². The molecule has 200 valence electrons. The molecule has 1 aliphatic heterocycles.